The van der Waals surface area contributed by atoms with E-state index in [0.29, 0.717) is 22.7 Å². The molecule has 0 saturated carbocycles. The standard InChI is InChI=1S/C14H10ClF2N3O/c1-21-10-4-2-9(3-5-10)11-8-12(14(15,16)17)20-13(19-11)6-7-18-20/h2-8H,1H3. The Balaban J connectivity index is 2.18. The second-order valence-corrected chi connectivity index (χ2v) is 4.83. The monoisotopic (exact) mass is 309 g/mol. The fourth-order valence-electron chi connectivity index (χ4n) is 2.02. The van der Waals surface area contributed by atoms with Gasteiger partial charge in [0, 0.05) is 11.6 Å². The number of aromatic nitrogens is 3. The molecular weight excluding hydrogens is 300 g/mol. The van der Waals surface area contributed by atoms with Crippen LogP contribution in [0.1, 0.15) is 5.69 Å². The first-order valence-corrected chi connectivity index (χ1v) is 6.43. The van der Waals surface area contributed by atoms with Gasteiger partial charge < -0.3 is 4.74 Å². The number of hydrogen-bond acceptors (Lipinski definition) is 3. The normalized spacial score (nSPS) is 11.8. The van der Waals surface area contributed by atoms with Crippen molar-refractivity contribution in [3.8, 4) is 17.0 Å². The summed E-state index contributed by atoms with van der Waals surface area (Å²) in [6.07, 6.45) is 1.40. The maximum absolute atomic E-state index is 13.5. The van der Waals surface area contributed by atoms with Crippen LogP contribution in [-0.4, -0.2) is 21.7 Å². The smallest absolute Gasteiger partial charge is 0.364 e. The van der Waals surface area contributed by atoms with Gasteiger partial charge >= 0.3 is 5.38 Å². The lowest BCUT2D eigenvalue weighted by Crippen LogP contribution is -2.12. The first-order chi connectivity index (χ1) is 9.99. The van der Waals surface area contributed by atoms with Crippen LogP contribution in [0.4, 0.5) is 8.78 Å². The van der Waals surface area contributed by atoms with Gasteiger partial charge in [0.2, 0.25) is 0 Å². The van der Waals surface area contributed by atoms with Gasteiger partial charge in [-0.15, -0.1) is 0 Å². The van der Waals surface area contributed by atoms with Crippen LogP contribution >= 0.6 is 11.6 Å². The fourth-order valence-corrected chi connectivity index (χ4v) is 2.16. The lowest BCUT2D eigenvalue weighted by atomic mass is 10.1. The second kappa shape index (κ2) is 4.96. The SMILES string of the molecule is COc1ccc(-c2cc(C(F)(F)Cl)n3nccc3n2)cc1. The number of rotatable bonds is 3. The van der Waals surface area contributed by atoms with Crippen molar-refractivity contribution in [1.82, 2.24) is 14.6 Å². The maximum Gasteiger partial charge on any atom is 0.364 e. The second-order valence-electron chi connectivity index (χ2n) is 4.35. The number of ether oxygens (including phenoxy) is 1. The van der Waals surface area contributed by atoms with Gasteiger partial charge in [0.05, 0.1) is 19.0 Å². The van der Waals surface area contributed by atoms with Crippen molar-refractivity contribution >= 4 is 17.2 Å². The molecule has 0 saturated heterocycles. The highest BCUT2D eigenvalue weighted by molar-refractivity contribution is 6.21. The Bertz CT molecular complexity index is 781. The molecule has 0 N–H and O–H groups in total. The zero-order valence-corrected chi connectivity index (χ0v) is 11.7. The molecule has 3 aromatic rings. The van der Waals surface area contributed by atoms with E-state index in [1.165, 1.54) is 12.3 Å². The van der Waals surface area contributed by atoms with Gasteiger partial charge in [-0.1, -0.05) is 0 Å². The minimum Gasteiger partial charge on any atom is -0.497 e. The molecule has 0 atom stereocenters. The molecular formula is C14H10ClF2N3O. The van der Waals surface area contributed by atoms with Gasteiger partial charge in [0.15, 0.2) is 5.65 Å². The van der Waals surface area contributed by atoms with Crippen LogP contribution < -0.4 is 4.74 Å². The summed E-state index contributed by atoms with van der Waals surface area (Å²) in [6.45, 7) is 0. The van der Waals surface area contributed by atoms with E-state index in [1.54, 1.807) is 37.4 Å². The van der Waals surface area contributed by atoms with Crippen molar-refractivity contribution in [2.45, 2.75) is 5.38 Å². The number of fused-ring (bicyclic) bond motifs is 1. The van der Waals surface area contributed by atoms with Crippen molar-refractivity contribution in [2.75, 3.05) is 7.11 Å². The number of methoxy groups -OCH3 is 1. The zero-order chi connectivity index (χ0) is 15.0. The molecule has 0 aliphatic heterocycles. The molecule has 7 heteroatoms. The molecule has 4 nitrogen and oxygen atoms in total. The molecule has 108 valence electrons. The lowest BCUT2D eigenvalue weighted by molar-refractivity contribution is 0.0873. The Morgan fingerprint density at radius 2 is 1.90 bits per heavy atom. The third-order valence-electron chi connectivity index (χ3n) is 3.04. The van der Waals surface area contributed by atoms with E-state index >= 15 is 0 Å². The highest BCUT2D eigenvalue weighted by Crippen LogP contribution is 2.34. The number of hydrogen-bond donors (Lipinski definition) is 0. The molecule has 0 bridgehead atoms. The third kappa shape index (κ3) is 2.54. The minimum absolute atomic E-state index is 0.304. The first kappa shape index (κ1) is 13.8. The molecule has 0 amide bonds. The summed E-state index contributed by atoms with van der Waals surface area (Å²) in [5.74, 6) is 0.673. The Hall–Kier alpha value is -2.21. The number of benzene rings is 1. The van der Waals surface area contributed by atoms with Crippen LogP contribution in [0.3, 0.4) is 0 Å². The van der Waals surface area contributed by atoms with Gasteiger partial charge in [-0.25, -0.2) is 9.50 Å². The summed E-state index contributed by atoms with van der Waals surface area (Å²) in [6, 6.07) is 9.72. The molecule has 0 aliphatic carbocycles. The lowest BCUT2D eigenvalue weighted by Gasteiger charge is -2.12. The zero-order valence-electron chi connectivity index (χ0n) is 10.9. The van der Waals surface area contributed by atoms with Crippen molar-refractivity contribution in [2.24, 2.45) is 0 Å². The molecule has 0 aliphatic rings. The van der Waals surface area contributed by atoms with E-state index in [9.17, 15) is 8.78 Å². The van der Waals surface area contributed by atoms with Crippen LogP contribution in [0.25, 0.3) is 16.9 Å². The van der Waals surface area contributed by atoms with Gasteiger partial charge in [0.1, 0.15) is 11.4 Å². The highest BCUT2D eigenvalue weighted by Gasteiger charge is 2.32. The maximum atomic E-state index is 13.5. The van der Waals surface area contributed by atoms with E-state index < -0.39 is 11.1 Å². The van der Waals surface area contributed by atoms with Gasteiger partial charge in [-0.05, 0) is 41.9 Å². The Labute approximate surface area is 123 Å². The molecule has 0 radical (unpaired) electrons. The molecule has 21 heavy (non-hydrogen) atoms. The average molecular weight is 310 g/mol. The topological polar surface area (TPSA) is 39.4 Å². The average Bonchev–Trinajstić information content (AvgIpc) is 2.93. The molecule has 0 fully saturated rings. The fraction of sp³-hybridized carbons (Fsp3) is 0.143. The van der Waals surface area contributed by atoms with Crippen LogP contribution in [0, 0.1) is 0 Å². The molecule has 3 rings (SSSR count). The van der Waals surface area contributed by atoms with Crippen LogP contribution in [0.5, 0.6) is 5.75 Å². The Morgan fingerprint density at radius 3 is 2.52 bits per heavy atom. The van der Waals surface area contributed by atoms with Gasteiger partial charge in [-0.3, -0.25) is 0 Å². The molecule has 1 aromatic carbocycles. The van der Waals surface area contributed by atoms with E-state index in [4.69, 9.17) is 16.3 Å². The number of halogens is 3. The summed E-state index contributed by atoms with van der Waals surface area (Å²) in [7, 11) is 1.55. The molecule has 0 spiro atoms. The van der Waals surface area contributed by atoms with Crippen LogP contribution in [0.15, 0.2) is 42.6 Å². The summed E-state index contributed by atoms with van der Waals surface area (Å²) >= 11 is 5.16. The summed E-state index contributed by atoms with van der Waals surface area (Å²) in [4.78, 5) is 4.30. The van der Waals surface area contributed by atoms with Crippen LogP contribution in [-0.2, 0) is 5.38 Å². The van der Waals surface area contributed by atoms with E-state index in [0.717, 1.165) is 4.52 Å². The molecule has 2 aromatic heterocycles. The predicted molar refractivity (Wildman–Crippen MR) is 74.7 cm³/mol. The summed E-state index contributed by atoms with van der Waals surface area (Å²) in [5, 5.41) is 0.284. The third-order valence-corrected chi connectivity index (χ3v) is 3.23. The highest BCUT2D eigenvalue weighted by atomic mass is 35.5. The van der Waals surface area contributed by atoms with Gasteiger partial charge in [0.25, 0.3) is 0 Å². The van der Waals surface area contributed by atoms with Crippen LogP contribution in [0.2, 0.25) is 0 Å². The molecule has 2 heterocycles. The van der Waals surface area contributed by atoms with Crippen molar-refractivity contribution < 1.29 is 13.5 Å². The molecule has 0 unspecified atom stereocenters. The quantitative estimate of drug-likeness (QED) is 0.693. The van der Waals surface area contributed by atoms with E-state index in [2.05, 4.69) is 10.1 Å². The minimum atomic E-state index is -3.53. The summed E-state index contributed by atoms with van der Waals surface area (Å²) < 4.78 is 33.2. The Kier molecular flexibility index (Phi) is 3.25. The van der Waals surface area contributed by atoms with Crippen molar-refractivity contribution in [3.05, 3.63) is 48.3 Å². The first-order valence-electron chi connectivity index (χ1n) is 6.05. The number of nitrogens with zero attached hydrogens (tertiary/aromatic N) is 3. The Morgan fingerprint density at radius 1 is 1.19 bits per heavy atom. The van der Waals surface area contributed by atoms with Crippen molar-refractivity contribution in [3.63, 3.8) is 0 Å². The summed E-state index contributed by atoms with van der Waals surface area (Å²) in [5.41, 5.74) is 0.950. The van der Waals surface area contributed by atoms with Gasteiger partial charge in [-0.2, -0.15) is 13.9 Å². The largest absolute Gasteiger partial charge is 0.497 e. The number of alkyl halides is 3. The van der Waals surface area contributed by atoms with E-state index in [-0.39, 0.29) is 0 Å². The van der Waals surface area contributed by atoms with Crippen molar-refractivity contribution in [1.29, 1.82) is 0 Å². The predicted octanol–water partition coefficient (Wildman–Crippen LogP) is 3.69. The van der Waals surface area contributed by atoms with E-state index in [1.807, 2.05) is 0 Å².